The Bertz CT molecular complexity index is 313. The van der Waals surface area contributed by atoms with Crippen LogP contribution in [0.25, 0.3) is 0 Å². The van der Waals surface area contributed by atoms with Crippen LogP contribution in [0.2, 0.25) is 0 Å². The summed E-state index contributed by atoms with van der Waals surface area (Å²) < 4.78 is 36.2. The number of carboxylic acids is 1. The molecule has 1 atom stereocenters. The van der Waals surface area contributed by atoms with E-state index in [9.17, 15) is 22.8 Å². The lowest BCUT2D eigenvalue weighted by atomic mass is 9.82. The quantitative estimate of drug-likeness (QED) is 0.774. The smallest absolute Gasteiger partial charge is 0.391 e. The van der Waals surface area contributed by atoms with E-state index in [1.807, 2.05) is 5.32 Å². The number of nitrogens with one attached hydrogen (secondary N) is 1. The number of hydrogen-bond acceptors (Lipinski definition) is 2. The number of amides is 1. The Labute approximate surface area is 103 Å². The molecule has 0 aliphatic heterocycles. The zero-order chi connectivity index (χ0) is 13.8. The summed E-state index contributed by atoms with van der Waals surface area (Å²) in [4.78, 5) is 21.9. The molecule has 0 radical (unpaired) electrons. The first-order chi connectivity index (χ1) is 8.28. The molecule has 0 aromatic carbocycles. The van der Waals surface area contributed by atoms with Crippen molar-refractivity contribution < 1.29 is 27.9 Å². The van der Waals surface area contributed by atoms with Crippen molar-refractivity contribution in [2.24, 2.45) is 5.92 Å². The van der Waals surface area contributed by atoms with Crippen LogP contribution in [0.4, 0.5) is 13.2 Å². The molecule has 1 unspecified atom stereocenters. The van der Waals surface area contributed by atoms with Crippen LogP contribution in [-0.4, -0.2) is 29.2 Å². The van der Waals surface area contributed by atoms with E-state index in [2.05, 4.69) is 0 Å². The highest BCUT2D eigenvalue weighted by Crippen LogP contribution is 2.30. The standard InChI is InChI=1S/C11H16F3NO3/c12-11(13,14)6-8(10(17)18)15-9(16)5-4-7-2-1-3-7/h7-8H,1-6H2,(H,15,16)(H,17,18). The Morgan fingerprint density at radius 1 is 1.33 bits per heavy atom. The molecule has 1 aliphatic rings. The molecule has 2 N–H and O–H groups in total. The van der Waals surface area contributed by atoms with Crippen molar-refractivity contribution in [3.63, 3.8) is 0 Å². The highest BCUT2D eigenvalue weighted by atomic mass is 19.4. The molecule has 0 saturated heterocycles. The van der Waals surface area contributed by atoms with E-state index in [0.717, 1.165) is 19.3 Å². The summed E-state index contributed by atoms with van der Waals surface area (Å²) in [5, 5.41) is 10.5. The first-order valence-corrected chi connectivity index (χ1v) is 5.87. The number of rotatable bonds is 6. The normalized spacial score (nSPS) is 17.9. The predicted molar refractivity (Wildman–Crippen MR) is 56.8 cm³/mol. The van der Waals surface area contributed by atoms with E-state index in [4.69, 9.17) is 5.11 Å². The van der Waals surface area contributed by atoms with Gasteiger partial charge in [-0.15, -0.1) is 0 Å². The van der Waals surface area contributed by atoms with Gasteiger partial charge in [0.2, 0.25) is 5.91 Å². The predicted octanol–water partition coefficient (Wildman–Crippen LogP) is 2.09. The van der Waals surface area contributed by atoms with E-state index >= 15 is 0 Å². The fourth-order valence-electron chi connectivity index (χ4n) is 1.81. The van der Waals surface area contributed by atoms with Gasteiger partial charge in [0.25, 0.3) is 0 Å². The number of hydrogen-bond donors (Lipinski definition) is 2. The summed E-state index contributed by atoms with van der Waals surface area (Å²) in [6.45, 7) is 0. The molecule has 1 amide bonds. The van der Waals surface area contributed by atoms with Crippen molar-refractivity contribution in [3.8, 4) is 0 Å². The molecular weight excluding hydrogens is 251 g/mol. The van der Waals surface area contributed by atoms with Crippen LogP contribution in [0.3, 0.4) is 0 Å². The van der Waals surface area contributed by atoms with Gasteiger partial charge in [0, 0.05) is 6.42 Å². The molecule has 1 rings (SSSR count). The molecule has 1 saturated carbocycles. The second-order valence-electron chi connectivity index (χ2n) is 4.61. The van der Waals surface area contributed by atoms with Crippen LogP contribution in [-0.2, 0) is 9.59 Å². The van der Waals surface area contributed by atoms with Crippen molar-refractivity contribution in [1.82, 2.24) is 5.32 Å². The molecule has 0 aromatic rings. The molecule has 7 heteroatoms. The molecule has 4 nitrogen and oxygen atoms in total. The van der Waals surface area contributed by atoms with Gasteiger partial charge in [0.05, 0.1) is 6.42 Å². The van der Waals surface area contributed by atoms with Crippen molar-refractivity contribution in [2.75, 3.05) is 0 Å². The lowest BCUT2D eigenvalue weighted by Gasteiger charge is -2.25. The Balaban J connectivity index is 2.34. The van der Waals surface area contributed by atoms with Crippen LogP contribution >= 0.6 is 0 Å². The monoisotopic (exact) mass is 267 g/mol. The summed E-state index contributed by atoms with van der Waals surface area (Å²) in [7, 11) is 0. The zero-order valence-electron chi connectivity index (χ0n) is 9.79. The van der Waals surface area contributed by atoms with Crippen molar-refractivity contribution in [1.29, 1.82) is 0 Å². The summed E-state index contributed by atoms with van der Waals surface area (Å²) in [5.41, 5.74) is 0. The van der Waals surface area contributed by atoms with E-state index in [-0.39, 0.29) is 6.42 Å². The lowest BCUT2D eigenvalue weighted by Crippen LogP contribution is -2.43. The van der Waals surface area contributed by atoms with Gasteiger partial charge in [-0.2, -0.15) is 13.2 Å². The maximum atomic E-state index is 12.1. The Morgan fingerprint density at radius 2 is 1.94 bits per heavy atom. The molecule has 18 heavy (non-hydrogen) atoms. The summed E-state index contributed by atoms with van der Waals surface area (Å²) in [6, 6.07) is -1.89. The van der Waals surface area contributed by atoms with E-state index < -0.39 is 30.5 Å². The van der Waals surface area contributed by atoms with Gasteiger partial charge in [0.1, 0.15) is 6.04 Å². The number of carbonyl (C=O) groups is 2. The van der Waals surface area contributed by atoms with Gasteiger partial charge >= 0.3 is 12.1 Å². The number of aliphatic carboxylic acids is 1. The number of carbonyl (C=O) groups excluding carboxylic acids is 1. The molecule has 0 spiro atoms. The van der Waals surface area contributed by atoms with Crippen LogP contribution in [0, 0.1) is 5.92 Å². The van der Waals surface area contributed by atoms with Crippen LogP contribution in [0.5, 0.6) is 0 Å². The fraction of sp³-hybridized carbons (Fsp3) is 0.818. The van der Waals surface area contributed by atoms with Gasteiger partial charge in [0.15, 0.2) is 0 Å². The van der Waals surface area contributed by atoms with Crippen molar-refractivity contribution in [3.05, 3.63) is 0 Å². The Morgan fingerprint density at radius 3 is 2.33 bits per heavy atom. The number of alkyl halides is 3. The van der Waals surface area contributed by atoms with Gasteiger partial charge in [-0.3, -0.25) is 4.79 Å². The van der Waals surface area contributed by atoms with Gasteiger partial charge in [-0.1, -0.05) is 19.3 Å². The van der Waals surface area contributed by atoms with E-state index in [1.54, 1.807) is 0 Å². The second-order valence-corrected chi connectivity index (χ2v) is 4.61. The molecule has 0 heterocycles. The third-order valence-electron chi connectivity index (χ3n) is 3.07. The van der Waals surface area contributed by atoms with Gasteiger partial charge in [-0.05, 0) is 12.3 Å². The third kappa shape index (κ3) is 5.37. The average molecular weight is 267 g/mol. The molecule has 0 aromatic heterocycles. The zero-order valence-corrected chi connectivity index (χ0v) is 9.79. The lowest BCUT2D eigenvalue weighted by molar-refractivity contribution is -0.160. The molecule has 1 fully saturated rings. The molecular formula is C11H16F3NO3. The minimum Gasteiger partial charge on any atom is -0.480 e. The molecule has 1 aliphatic carbocycles. The Hall–Kier alpha value is -1.27. The van der Waals surface area contributed by atoms with Crippen molar-refractivity contribution in [2.45, 2.75) is 50.7 Å². The first kappa shape index (κ1) is 14.8. The number of carboxylic acid groups (broad SMARTS) is 1. The van der Waals surface area contributed by atoms with Gasteiger partial charge < -0.3 is 10.4 Å². The minimum atomic E-state index is -4.61. The molecule has 104 valence electrons. The third-order valence-corrected chi connectivity index (χ3v) is 3.07. The first-order valence-electron chi connectivity index (χ1n) is 5.87. The largest absolute Gasteiger partial charge is 0.480 e. The maximum absolute atomic E-state index is 12.1. The summed E-state index contributed by atoms with van der Waals surface area (Å²) in [6.07, 6.45) is -2.24. The highest BCUT2D eigenvalue weighted by Gasteiger charge is 2.36. The van der Waals surface area contributed by atoms with Crippen LogP contribution in [0.15, 0.2) is 0 Å². The highest BCUT2D eigenvalue weighted by molar-refractivity contribution is 5.83. The summed E-state index contributed by atoms with van der Waals surface area (Å²) >= 11 is 0. The van der Waals surface area contributed by atoms with Crippen LogP contribution < -0.4 is 5.32 Å². The fourth-order valence-corrected chi connectivity index (χ4v) is 1.81. The Kier molecular flexibility index (Phi) is 4.98. The van der Waals surface area contributed by atoms with Crippen molar-refractivity contribution >= 4 is 11.9 Å². The van der Waals surface area contributed by atoms with E-state index in [1.165, 1.54) is 0 Å². The van der Waals surface area contributed by atoms with Gasteiger partial charge in [-0.25, -0.2) is 4.79 Å². The van der Waals surface area contributed by atoms with Crippen LogP contribution in [0.1, 0.15) is 38.5 Å². The summed E-state index contributed by atoms with van der Waals surface area (Å²) in [5.74, 6) is -1.83. The maximum Gasteiger partial charge on any atom is 0.391 e. The topological polar surface area (TPSA) is 66.4 Å². The minimum absolute atomic E-state index is 0.0896. The van der Waals surface area contributed by atoms with E-state index in [0.29, 0.717) is 12.3 Å². The number of halogens is 3. The molecule has 0 bridgehead atoms. The average Bonchev–Trinajstić information content (AvgIpc) is 2.11. The second kappa shape index (κ2) is 6.06. The SMILES string of the molecule is O=C(CCC1CCC1)NC(CC(F)(F)F)C(=O)O.